The van der Waals surface area contributed by atoms with Gasteiger partial charge in [-0.25, -0.2) is 0 Å². The van der Waals surface area contributed by atoms with E-state index in [-0.39, 0.29) is 0 Å². The zero-order chi connectivity index (χ0) is 21.6. The summed E-state index contributed by atoms with van der Waals surface area (Å²) >= 11 is 0. The van der Waals surface area contributed by atoms with E-state index in [0.29, 0.717) is 0 Å². The summed E-state index contributed by atoms with van der Waals surface area (Å²) in [6.07, 6.45) is 11.0. The van der Waals surface area contributed by atoms with Gasteiger partial charge in [-0.3, -0.25) is 0 Å². The molecule has 0 saturated carbocycles. The number of rotatable bonds is 4. The first-order valence-electron chi connectivity index (χ1n) is 11.8. The van der Waals surface area contributed by atoms with Crippen molar-refractivity contribution < 1.29 is 4.42 Å². The number of hydrogen-bond donors (Lipinski definition) is 0. The van der Waals surface area contributed by atoms with Crippen LogP contribution in [-0.2, 0) is 19.3 Å². The third-order valence-corrected chi connectivity index (χ3v) is 6.79. The number of furan rings is 1. The lowest BCUT2D eigenvalue weighted by Crippen LogP contribution is -2.15. The Kier molecular flexibility index (Phi) is 6.35. The maximum absolute atomic E-state index is 4.58. The maximum Gasteiger partial charge on any atom is 0.0902 e. The predicted molar refractivity (Wildman–Crippen MR) is 135 cm³/mol. The quantitative estimate of drug-likeness (QED) is 0.267. The normalized spacial score (nSPS) is 15.2. The summed E-state index contributed by atoms with van der Waals surface area (Å²) in [5.74, 6) is 0.846. The Balaban J connectivity index is 0.000000383. The van der Waals surface area contributed by atoms with E-state index in [1.165, 1.54) is 65.6 Å². The van der Waals surface area contributed by atoms with Gasteiger partial charge < -0.3 is 4.42 Å². The highest BCUT2D eigenvalue weighted by Crippen LogP contribution is 2.36. The van der Waals surface area contributed by atoms with Gasteiger partial charge in [-0.05, 0) is 94.8 Å². The van der Waals surface area contributed by atoms with Crippen LogP contribution < -0.4 is 0 Å². The molecule has 6 rings (SSSR count). The lowest BCUT2D eigenvalue weighted by atomic mass is 9.79. The third kappa shape index (κ3) is 4.62. The van der Waals surface area contributed by atoms with Crippen molar-refractivity contribution >= 4 is 21.5 Å². The van der Waals surface area contributed by atoms with Gasteiger partial charge in [0.25, 0.3) is 0 Å². The van der Waals surface area contributed by atoms with Gasteiger partial charge in [0.05, 0.1) is 12.5 Å². The highest BCUT2D eigenvalue weighted by Gasteiger charge is 2.20. The molecule has 1 heterocycles. The Hall–Kier alpha value is -3.32. The van der Waals surface area contributed by atoms with Crippen molar-refractivity contribution in [2.24, 2.45) is 5.92 Å². The van der Waals surface area contributed by atoms with Gasteiger partial charge in [0.2, 0.25) is 0 Å². The number of hydrogen-bond acceptors (Lipinski definition) is 1. The largest absolute Gasteiger partial charge is 0.473 e. The van der Waals surface area contributed by atoms with Crippen LogP contribution in [0.1, 0.15) is 36.0 Å². The molecular weight excluding hydrogens is 388 g/mol. The van der Waals surface area contributed by atoms with Gasteiger partial charge in [0.1, 0.15) is 0 Å². The van der Waals surface area contributed by atoms with Crippen LogP contribution in [-0.4, -0.2) is 0 Å². The van der Waals surface area contributed by atoms with Gasteiger partial charge in [-0.1, -0.05) is 78.9 Å². The zero-order valence-electron chi connectivity index (χ0n) is 18.5. The Morgan fingerprint density at radius 1 is 0.688 bits per heavy atom. The van der Waals surface area contributed by atoms with E-state index in [1.54, 1.807) is 23.7 Å². The summed E-state index contributed by atoms with van der Waals surface area (Å²) in [4.78, 5) is 0. The van der Waals surface area contributed by atoms with E-state index in [4.69, 9.17) is 0 Å². The Labute approximate surface area is 190 Å². The molecule has 160 valence electrons. The third-order valence-electron chi connectivity index (χ3n) is 6.79. The summed E-state index contributed by atoms with van der Waals surface area (Å²) in [6.45, 7) is 0. The second-order valence-electron chi connectivity index (χ2n) is 8.86. The molecule has 1 aliphatic carbocycles. The molecule has 0 fully saturated rings. The van der Waals surface area contributed by atoms with Crippen LogP contribution in [0.3, 0.4) is 0 Å². The Morgan fingerprint density at radius 2 is 1.47 bits per heavy atom. The van der Waals surface area contributed by atoms with Crippen molar-refractivity contribution in [2.75, 3.05) is 0 Å². The van der Waals surface area contributed by atoms with E-state index < -0.39 is 0 Å². The first-order valence-corrected chi connectivity index (χ1v) is 11.8. The van der Waals surface area contributed by atoms with Crippen molar-refractivity contribution in [3.63, 3.8) is 0 Å². The molecule has 32 heavy (non-hydrogen) atoms. The first kappa shape index (κ1) is 20.6. The van der Waals surface area contributed by atoms with Gasteiger partial charge in [-0.15, -0.1) is 0 Å². The first-order chi connectivity index (χ1) is 15.9. The molecule has 0 N–H and O–H groups in total. The molecule has 1 aromatic heterocycles. The number of aryl methyl sites for hydroxylation is 2. The van der Waals surface area contributed by atoms with Crippen LogP contribution in [0.4, 0.5) is 0 Å². The van der Waals surface area contributed by atoms with Crippen LogP contribution in [0.15, 0.2) is 108 Å². The number of benzene rings is 4. The van der Waals surface area contributed by atoms with E-state index in [2.05, 4.69) is 83.3 Å². The summed E-state index contributed by atoms with van der Waals surface area (Å²) in [7, 11) is 0. The van der Waals surface area contributed by atoms with Crippen molar-refractivity contribution in [1.82, 2.24) is 0 Å². The van der Waals surface area contributed by atoms with Crippen molar-refractivity contribution in [2.45, 2.75) is 38.5 Å². The lowest BCUT2D eigenvalue weighted by molar-refractivity contribution is 0.416. The predicted octanol–water partition coefficient (Wildman–Crippen LogP) is 8.40. The standard InChI is InChI=1S/C27H26.C4H4O/c1-2-7-20(8-3-1)9-6-10-21-13-16-25-23(19-21)15-18-26-24-12-5-4-11-22(24)14-17-27(25)26;1-2-4-5-3-1/h1-5,7-8,11-12,14-15,17-18,21H,6,9-10,13,16,19H2;1-4H. The highest BCUT2D eigenvalue weighted by molar-refractivity contribution is 6.08. The minimum atomic E-state index is 0.846. The smallest absolute Gasteiger partial charge is 0.0902 e. The molecule has 1 unspecified atom stereocenters. The molecule has 5 aromatic rings. The maximum atomic E-state index is 4.58. The molecule has 1 aliphatic rings. The summed E-state index contributed by atoms with van der Waals surface area (Å²) < 4.78 is 4.58. The SMILES string of the molecule is c1ccc(CCCC2CCc3c(ccc4c3ccc3ccccc34)C2)cc1.c1ccoc1. The van der Waals surface area contributed by atoms with Gasteiger partial charge in [0.15, 0.2) is 0 Å². The van der Waals surface area contributed by atoms with Crippen molar-refractivity contribution in [3.05, 3.63) is 120 Å². The highest BCUT2D eigenvalue weighted by atomic mass is 16.3. The van der Waals surface area contributed by atoms with Gasteiger partial charge in [-0.2, -0.15) is 0 Å². The molecule has 0 amide bonds. The molecule has 0 radical (unpaired) electrons. The Morgan fingerprint density at radius 3 is 2.28 bits per heavy atom. The van der Waals surface area contributed by atoms with Crippen molar-refractivity contribution in [1.29, 1.82) is 0 Å². The molecule has 1 nitrogen and oxygen atoms in total. The fourth-order valence-electron chi connectivity index (χ4n) is 5.16. The molecule has 4 aromatic carbocycles. The topological polar surface area (TPSA) is 13.1 Å². The van der Waals surface area contributed by atoms with Crippen LogP contribution in [0.2, 0.25) is 0 Å². The number of fused-ring (bicyclic) bond motifs is 5. The van der Waals surface area contributed by atoms with E-state index in [0.717, 1.165) is 5.92 Å². The molecule has 1 heteroatoms. The molecule has 0 saturated heterocycles. The van der Waals surface area contributed by atoms with E-state index in [1.807, 2.05) is 12.1 Å². The van der Waals surface area contributed by atoms with Gasteiger partial charge in [0, 0.05) is 0 Å². The van der Waals surface area contributed by atoms with Crippen LogP contribution in [0, 0.1) is 5.92 Å². The molecule has 0 spiro atoms. The summed E-state index contributed by atoms with van der Waals surface area (Å²) in [6, 6.07) is 32.8. The second-order valence-corrected chi connectivity index (χ2v) is 8.86. The van der Waals surface area contributed by atoms with Crippen LogP contribution in [0.25, 0.3) is 21.5 Å². The minimum Gasteiger partial charge on any atom is -0.473 e. The molecule has 0 aliphatic heterocycles. The van der Waals surface area contributed by atoms with E-state index >= 15 is 0 Å². The molecule has 1 atom stereocenters. The average Bonchev–Trinajstić information content (AvgIpc) is 3.45. The van der Waals surface area contributed by atoms with E-state index in [9.17, 15) is 0 Å². The zero-order valence-corrected chi connectivity index (χ0v) is 18.5. The monoisotopic (exact) mass is 418 g/mol. The fourth-order valence-corrected chi connectivity index (χ4v) is 5.16. The summed E-state index contributed by atoms with van der Waals surface area (Å²) in [5, 5.41) is 5.64. The van der Waals surface area contributed by atoms with Crippen LogP contribution in [0.5, 0.6) is 0 Å². The van der Waals surface area contributed by atoms with Crippen molar-refractivity contribution in [3.8, 4) is 0 Å². The second kappa shape index (κ2) is 9.87. The molecule has 0 bridgehead atoms. The van der Waals surface area contributed by atoms with Crippen LogP contribution >= 0.6 is 0 Å². The minimum absolute atomic E-state index is 0.846. The summed E-state index contributed by atoms with van der Waals surface area (Å²) in [5.41, 5.74) is 4.68. The van der Waals surface area contributed by atoms with Gasteiger partial charge >= 0.3 is 0 Å². The fraction of sp³-hybridized carbons (Fsp3) is 0.226. The average molecular weight is 419 g/mol. The lowest BCUT2D eigenvalue weighted by Gasteiger charge is -2.26. The Bertz CT molecular complexity index is 1250. The molecular formula is C31H30O.